The third kappa shape index (κ3) is 3.87. The molecule has 0 aromatic heterocycles. The van der Waals surface area contributed by atoms with Gasteiger partial charge >= 0.3 is 0 Å². The third-order valence-electron chi connectivity index (χ3n) is 5.67. The molecule has 152 valence electrons. The monoisotopic (exact) mass is 416 g/mol. The number of rotatable bonds is 3. The molecular formula is C22H22ClFN2O3. The van der Waals surface area contributed by atoms with E-state index in [9.17, 15) is 19.1 Å². The number of aliphatic hydroxyl groups is 1. The first-order valence-electron chi connectivity index (χ1n) is 9.67. The van der Waals surface area contributed by atoms with Crippen LogP contribution < -0.4 is 0 Å². The molecule has 0 bridgehead atoms. The Balaban J connectivity index is 1.45. The van der Waals surface area contributed by atoms with Crippen molar-refractivity contribution in [3.63, 3.8) is 0 Å². The second-order valence-electron chi connectivity index (χ2n) is 7.83. The fourth-order valence-electron chi connectivity index (χ4n) is 3.75. The van der Waals surface area contributed by atoms with Gasteiger partial charge in [-0.15, -0.1) is 0 Å². The van der Waals surface area contributed by atoms with Crippen LogP contribution in [0.1, 0.15) is 30.1 Å². The quantitative estimate of drug-likeness (QED) is 0.834. The molecule has 7 heteroatoms. The van der Waals surface area contributed by atoms with E-state index in [1.807, 2.05) is 6.92 Å². The predicted octanol–water partition coefficient (Wildman–Crippen LogP) is 3.34. The number of benzene rings is 2. The Morgan fingerprint density at radius 3 is 2.41 bits per heavy atom. The van der Waals surface area contributed by atoms with E-state index in [0.29, 0.717) is 54.2 Å². The van der Waals surface area contributed by atoms with Gasteiger partial charge in [0, 0.05) is 41.8 Å². The van der Waals surface area contributed by atoms with Gasteiger partial charge in [-0.1, -0.05) is 23.7 Å². The van der Waals surface area contributed by atoms with Gasteiger partial charge in [0.2, 0.25) is 0 Å². The van der Waals surface area contributed by atoms with Crippen LogP contribution in [-0.2, 0) is 4.79 Å². The predicted molar refractivity (Wildman–Crippen MR) is 108 cm³/mol. The third-order valence-corrected chi connectivity index (χ3v) is 5.91. The molecule has 0 radical (unpaired) electrons. The lowest BCUT2D eigenvalue weighted by atomic mass is 10.0. The average Bonchev–Trinajstić information content (AvgIpc) is 3.46. The normalized spacial score (nSPS) is 20.5. The highest BCUT2D eigenvalue weighted by atomic mass is 35.5. The van der Waals surface area contributed by atoms with Crippen LogP contribution in [0.15, 0.2) is 42.5 Å². The van der Waals surface area contributed by atoms with Gasteiger partial charge in [-0.05, 0) is 55.7 Å². The van der Waals surface area contributed by atoms with Gasteiger partial charge in [0.05, 0.1) is 0 Å². The summed E-state index contributed by atoms with van der Waals surface area (Å²) in [6.45, 7) is 3.12. The summed E-state index contributed by atoms with van der Waals surface area (Å²) in [5.41, 5.74) is 0.415. The molecular weight excluding hydrogens is 395 g/mol. The zero-order valence-corrected chi connectivity index (χ0v) is 16.8. The first kappa shape index (κ1) is 19.9. The van der Waals surface area contributed by atoms with Crippen LogP contribution in [-0.4, -0.2) is 58.0 Å². The zero-order valence-electron chi connectivity index (χ0n) is 16.1. The molecule has 1 aliphatic carbocycles. The molecule has 2 fully saturated rings. The summed E-state index contributed by atoms with van der Waals surface area (Å²) < 4.78 is 14.1. The van der Waals surface area contributed by atoms with Gasteiger partial charge in [-0.3, -0.25) is 9.59 Å². The standard InChI is InChI=1S/C22H22ClFN2O3/c1-14-13-25(21(28)22(29)8-9-22)10-11-26(14)20(27)16-4-2-15(3-5-16)18-7-6-17(23)12-19(18)24/h2-7,12,14,29H,8-11,13H2,1H3. The van der Waals surface area contributed by atoms with Gasteiger partial charge in [0.1, 0.15) is 11.4 Å². The highest BCUT2D eigenvalue weighted by Crippen LogP contribution is 2.37. The van der Waals surface area contributed by atoms with E-state index < -0.39 is 11.4 Å². The van der Waals surface area contributed by atoms with Crippen LogP contribution in [0.25, 0.3) is 11.1 Å². The minimum Gasteiger partial charge on any atom is -0.380 e. The summed E-state index contributed by atoms with van der Waals surface area (Å²) in [6.07, 6.45) is 1.03. The van der Waals surface area contributed by atoms with Crippen LogP contribution in [0.4, 0.5) is 4.39 Å². The Hall–Kier alpha value is -2.44. The molecule has 2 aromatic rings. The fraction of sp³-hybridized carbons (Fsp3) is 0.364. The van der Waals surface area contributed by atoms with E-state index in [1.54, 1.807) is 46.2 Å². The van der Waals surface area contributed by atoms with Gasteiger partial charge < -0.3 is 14.9 Å². The molecule has 1 saturated heterocycles. The molecule has 4 rings (SSSR count). The van der Waals surface area contributed by atoms with Crippen molar-refractivity contribution < 1.29 is 19.1 Å². The first-order valence-corrected chi connectivity index (χ1v) is 10.0. The number of nitrogens with zero attached hydrogens (tertiary/aromatic N) is 2. The van der Waals surface area contributed by atoms with E-state index in [1.165, 1.54) is 6.07 Å². The zero-order chi connectivity index (χ0) is 20.8. The van der Waals surface area contributed by atoms with Crippen molar-refractivity contribution in [2.24, 2.45) is 0 Å². The first-order chi connectivity index (χ1) is 13.8. The van der Waals surface area contributed by atoms with E-state index >= 15 is 0 Å². The number of carbonyl (C=O) groups is 2. The largest absolute Gasteiger partial charge is 0.380 e. The van der Waals surface area contributed by atoms with Crippen molar-refractivity contribution in [2.45, 2.75) is 31.4 Å². The number of halogens is 2. The van der Waals surface area contributed by atoms with Crippen molar-refractivity contribution in [3.8, 4) is 11.1 Å². The smallest absolute Gasteiger partial charge is 0.254 e. The Labute approximate surface area is 173 Å². The van der Waals surface area contributed by atoms with Crippen molar-refractivity contribution in [3.05, 3.63) is 58.9 Å². The number of amides is 2. The molecule has 0 spiro atoms. The summed E-state index contributed by atoms with van der Waals surface area (Å²) in [5.74, 6) is -0.771. The highest BCUT2D eigenvalue weighted by molar-refractivity contribution is 6.30. The van der Waals surface area contributed by atoms with Crippen LogP contribution in [0.2, 0.25) is 5.02 Å². The lowest BCUT2D eigenvalue weighted by Crippen LogP contribution is -2.57. The average molecular weight is 417 g/mol. The van der Waals surface area contributed by atoms with Gasteiger partial charge in [0.25, 0.3) is 11.8 Å². The molecule has 1 saturated carbocycles. The molecule has 1 atom stereocenters. The topological polar surface area (TPSA) is 60.9 Å². The maximum Gasteiger partial charge on any atom is 0.254 e. The second-order valence-corrected chi connectivity index (χ2v) is 8.27. The molecule has 1 heterocycles. The molecule has 29 heavy (non-hydrogen) atoms. The van der Waals surface area contributed by atoms with Gasteiger partial charge in [0.15, 0.2) is 0 Å². The Kier molecular flexibility index (Phi) is 5.09. The van der Waals surface area contributed by atoms with Crippen molar-refractivity contribution in [2.75, 3.05) is 19.6 Å². The minimum absolute atomic E-state index is 0.127. The van der Waals surface area contributed by atoms with E-state index in [2.05, 4.69) is 0 Å². The molecule has 1 unspecified atom stereocenters. The summed E-state index contributed by atoms with van der Waals surface area (Å²) in [7, 11) is 0. The number of hydrogen-bond donors (Lipinski definition) is 1. The molecule has 2 aromatic carbocycles. The SMILES string of the molecule is CC1CN(C(=O)C2(O)CC2)CCN1C(=O)c1ccc(-c2ccc(Cl)cc2F)cc1. The Morgan fingerprint density at radius 1 is 1.14 bits per heavy atom. The number of carbonyl (C=O) groups excluding carboxylic acids is 2. The van der Waals surface area contributed by atoms with Crippen LogP contribution in [0.5, 0.6) is 0 Å². The van der Waals surface area contributed by atoms with Crippen molar-refractivity contribution in [1.29, 1.82) is 0 Å². The summed E-state index contributed by atoms with van der Waals surface area (Å²) in [5, 5.41) is 10.4. The van der Waals surface area contributed by atoms with Crippen molar-refractivity contribution >= 4 is 23.4 Å². The summed E-state index contributed by atoms with van der Waals surface area (Å²) in [6, 6.07) is 11.1. The minimum atomic E-state index is -1.18. The Morgan fingerprint density at radius 2 is 1.83 bits per heavy atom. The molecule has 2 aliphatic rings. The van der Waals surface area contributed by atoms with Gasteiger partial charge in [-0.25, -0.2) is 4.39 Å². The second kappa shape index (κ2) is 7.43. The van der Waals surface area contributed by atoms with Gasteiger partial charge in [-0.2, -0.15) is 0 Å². The van der Waals surface area contributed by atoms with Crippen molar-refractivity contribution in [1.82, 2.24) is 9.80 Å². The number of piperazine rings is 1. The lowest BCUT2D eigenvalue weighted by molar-refractivity contribution is -0.144. The molecule has 1 N–H and O–H groups in total. The van der Waals surface area contributed by atoms with Crippen LogP contribution >= 0.6 is 11.6 Å². The van der Waals surface area contributed by atoms with Crippen LogP contribution in [0.3, 0.4) is 0 Å². The maximum atomic E-state index is 14.1. The van der Waals surface area contributed by atoms with E-state index in [0.717, 1.165) is 0 Å². The highest BCUT2D eigenvalue weighted by Gasteiger charge is 2.51. The fourth-order valence-corrected chi connectivity index (χ4v) is 3.91. The Bertz CT molecular complexity index is 959. The van der Waals surface area contributed by atoms with E-state index in [4.69, 9.17) is 11.6 Å². The van der Waals surface area contributed by atoms with Crippen LogP contribution in [0, 0.1) is 5.82 Å². The molecule has 5 nitrogen and oxygen atoms in total. The van der Waals surface area contributed by atoms with E-state index in [-0.39, 0.29) is 17.9 Å². The molecule has 1 aliphatic heterocycles. The summed E-state index contributed by atoms with van der Waals surface area (Å²) >= 11 is 5.80. The summed E-state index contributed by atoms with van der Waals surface area (Å²) in [4.78, 5) is 28.6. The lowest BCUT2D eigenvalue weighted by Gasteiger charge is -2.40. The molecule has 2 amide bonds. The number of hydrogen-bond acceptors (Lipinski definition) is 3. The maximum absolute atomic E-state index is 14.1.